The Hall–Kier alpha value is -1.74. The topological polar surface area (TPSA) is 30.0 Å². The van der Waals surface area contributed by atoms with Gasteiger partial charge in [-0.15, -0.1) is 0 Å². The van der Waals surface area contributed by atoms with Crippen LogP contribution in [0, 0.1) is 6.92 Å². The fourth-order valence-corrected chi connectivity index (χ4v) is 2.69. The summed E-state index contributed by atoms with van der Waals surface area (Å²) in [4.78, 5) is 16.7. The van der Waals surface area contributed by atoms with E-state index in [1.807, 2.05) is 43.3 Å². The third-order valence-electron chi connectivity index (χ3n) is 3.01. The standard InChI is InChI=1S/C15H10BrNO/c1-9-4-5-11-12(7-9)13(16)8-10-3-2-6-17-14(10)15(11)18/h2-8H,1H3. The Morgan fingerprint density at radius 3 is 2.78 bits per heavy atom. The predicted molar refractivity (Wildman–Crippen MR) is 78.0 cm³/mol. The molecule has 1 heterocycles. The zero-order valence-electron chi connectivity index (χ0n) is 9.77. The van der Waals surface area contributed by atoms with Crippen LogP contribution in [0.1, 0.15) is 5.56 Å². The first-order valence-electron chi connectivity index (χ1n) is 5.65. The minimum absolute atomic E-state index is 0.0219. The lowest BCUT2D eigenvalue weighted by Crippen LogP contribution is -2.00. The van der Waals surface area contributed by atoms with Crippen molar-refractivity contribution in [1.29, 1.82) is 0 Å². The Bertz CT molecular complexity index is 827. The number of pyridine rings is 1. The van der Waals surface area contributed by atoms with Crippen LogP contribution < -0.4 is 5.43 Å². The fourth-order valence-electron chi connectivity index (χ4n) is 2.12. The van der Waals surface area contributed by atoms with Gasteiger partial charge in [0.25, 0.3) is 0 Å². The Labute approximate surface area is 112 Å². The van der Waals surface area contributed by atoms with Crippen molar-refractivity contribution in [3.63, 3.8) is 0 Å². The summed E-state index contributed by atoms with van der Waals surface area (Å²) in [6, 6.07) is 11.5. The average Bonchev–Trinajstić information content (AvgIpc) is 2.47. The van der Waals surface area contributed by atoms with Gasteiger partial charge in [-0.05, 0) is 19.1 Å². The Kier molecular flexibility index (Phi) is 2.63. The Balaban J connectivity index is 2.69. The van der Waals surface area contributed by atoms with E-state index < -0.39 is 0 Å². The summed E-state index contributed by atoms with van der Waals surface area (Å²) in [5.41, 5.74) is 1.62. The maximum atomic E-state index is 12.5. The predicted octanol–water partition coefficient (Wildman–Crippen LogP) is 3.82. The lowest BCUT2D eigenvalue weighted by atomic mass is 10.1. The van der Waals surface area contributed by atoms with E-state index in [9.17, 15) is 4.79 Å². The van der Waals surface area contributed by atoms with E-state index in [0.717, 1.165) is 20.8 Å². The quantitative estimate of drug-likeness (QED) is 0.632. The number of rotatable bonds is 0. The highest BCUT2D eigenvalue weighted by Gasteiger charge is 2.06. The first-order valence-corrected chi connectivity index (χ1v) is 6.44. The molecule has 3 aromatic rings. The molecule has 0 saturated carbocycles. The van der Waals surface area contributed by atoms with Crippen molar-refractivity contribution in [2.75, 3.05) is 0 Å². The maximum absolute atomic E-state index is 12.5. The van der Waals surface area contributed by atoms with Crippen molar-refractivity contribution in [1.82, 2.24) is 4.98 Å². The molecule has 0 saturated heterocycles. The summed E-state index contributed by atoms with van der Waals surface area (Å²) >= 11 is 3.55. The minimum Gasteiger partial charge on any atom is -0.287 e. The molecule has 2 nitrogen and oxygen atoms in total. The molecule has 2 aromatic carbocycles. The smallest absolute Gasteiger partial charge is 0.212 e. The van der Waals surface area contributed by atoms with E-state index in [1.165, 1.54) is 0 Å². The van der Waals surface area contributed by atoms with E-state index in [-0.39, 0.29) is 5.43 Å². The molecule has 0 aliphatic carbocycles. The number of halogens is 1. The van der Waals surface area contributed by atoms with Gasteiger partial charge in [-0.1, -0.05) is 45.8 Å². The van der Waals surface area contributed by atoms with Gasteiger partial charge in [0.1, 0.15) is 5.52 Å². The van der Waals surface area contributed by atoms with Crippen LogP contribution in [0.5, 0.6) is 0 Å². The molecule has 0 fully saturated rings. The second kappa shape index (κ2) is 4.18. The van der Waals surface area contributed by atoms with Crippen LogP contribution in [-0.2, 0) is 0 Å². The van der Waals surface area contributed by atoms with E-state index in [4.69, 9.17) is 0 Å². The van der Waals surface area contributed by atoms with Crippen LogP contribution in [0.15, 0.2) is 51.9 Å². The lowest BCUT2D eigenvalue weighted by Gasteiger charge is -1.96. The first-order chi connectivity index (χ1) is 8.66. The van der Waals surface area contributed by atoms with Crippen molar-refractivity contribution in [2.45, 2.75) is 6.92 Å². The molecule has 18 heavy (non-hydrogen) atoms. The highest BCUT2D eigenvalue weighted by Crippen LogP contribution is 2.24. The number of nitrogens with zero attached hydrogens (tertiary/aromatic N) is 1. The average molecular weight is 300 g/mol. The molecule has 88 valence electrons. The van der Waals surface area contributed by atoms with Crippen molar-refractivity contribution in [3.05, 3.63) is 62.9 Å². The van der Waals surface area contributed by atoms with Gasteiger partial charge in [-0.2, -0.15) is 0 Å². The fraction of sp³-hybridized carbons (Fsp3) is 0.0667. The zero-order chi connectivity index (χ0) is 12.7. The van der Waals surface area contributed by atoms with E-state index >= 15 is 0 Å². The van der Waals surface area contributed by atoms with Gasteiger partial charge in [-0.3, -0.25) is 9.78 Å². The van der Waals surface area contributed by atoms with Crippen LogP contribution in [0.2, 0.25) is 0 Å². The second-order valence-corrected chi connectivity index (χ2v) is 5.17. The second-order valence-electron chi connectivity index (χ2n) is 4.31. The number of hydrogen-bond donors (Lipinski definition) is 0. The molecule has 0 aliphatic rings. The zero-order valence-corrected chi connectivity index (χ0v) is 11.4. The third kappa shape index (κ3) is 1.71. The van der Waals surface area contributed by atoms with E-state index in [0.29, 0.717) is 10.9 Å². The number of hydrogen-bond acceptors (Lipinski definition) is 2. The maximum Gasteiger partial charge on any atom is 0.212 e. The van der Waals surface area contributed by atoms with Crippen molar-refractivity contribution in [2.24, 2.45) is 0 Å². The largest absolute Gasteiger partial charge is 0.287 e. The molecule has 1 aromatic heterocycles. The molecule has 0 amide bonds. The van der Waals surface area contributed by atoms with Crippen LogP contribution in [0.25, 0.3) is 21.7 Å². The summed E-state index contributed by atoms with van der Waals surface area (Å²) in [5.74, 6) is 0. The highest BCUT2D eigenvalue weighted by atomic mass is 79.9. The van der Waals surface area contributed by atoms with Gasteiger partial charge in [0.2, 0.25) is 5.43 Å². The number of aryl methyl sites for hydroxylation is 1. The summed E-state index contributed by atoms with van der Waals surface area (Å²) in [5, 5.41) is 2.47. The van der Waals surface area contributed by atoms with Crippen LogP contribution in [0.3, 0.4) is 0 Å². The lowest BCUT2D eigenvalue weighted by molar-refractivity contribution is 1.41. The van der Waals surface area contributed by atoms with Crippen LogP contribution in [-0.4, -0.2) is 4.98 Å². The number of benzene rings is 1. The summed E-state index contributed by atoms with van der Waals surface area (Å²) < 4.78 is 0.918. The van der Waals surface area contributed by atoms with Gasteiger partial charge in [0.15, 0.2) is 0 Å². The van der Waals surface area contributed by atoms with Gasteiger partial charge in [0, 0.05) is 26.8 Å². The monoisotopic (exact) mass is 299 g/mol. The summed E-state index contributed by atoms with van der Waals surface area (Å²) in [6.45, 7) is 2.02. The molecule has 0 spiro atoms. The molecular formula is C15H10BrNO. The molecule has 0 N–H and O–H groups in total. The molecular weight excluding hydrogens is 290 g/mol. The van der Waals surface area contributed by atoms with Crippen LogP contribution >= 0.6 is 15.9 Å². The van der Waals surface area contributed by atoms with Gasteiger partial charge in [0.05, 0.1) is 0 Å². The molecule has 0 atom stereocenters. The van der Waals surface area contributed by atoms with Gasteiger partial charge < -0.3 is 0 Å². The molecule has 0 radical (unpaired) electrons. The molecule has 3 rings (SSSR count). The van der Waals surface area contributed by atoms with Gasteiger partial charge in [-0.25, -0.2) is 0 Å². The Morgan fingerprint density at radius 1 is 1.11 bits per heavy atom. The minimum atomic E-state index is -0.0219. The summed E-state index contributed by atoms with van der Waals surface area (Å²) in [7, 11) is 0. The molecule has 0 unspecified atom stereocenters. The van der Waals surface area contributed by atoms with E-state index in [2.05, 4.69) is 20.9 Å². The molecule has 0 aliphatic heterocycles. The highest BCUT2D eigenvalue weighted by molar-refractivity contribution is 9.10. The van der Waals surface area contributed by atoms with Crippen molar-refractivity contribution in [3.8, 4) is 0 Å². The van der Waals surface area contributed by atoms with Crippen molar-refractivity contribution < 1.29 is 0 Å². The van der Waals surface area contributed by atoms with Gasteiger partial charge >= 0.3 is 0 Å². The van der Waals surface area contributed by atoms with Crippen LogP contribution in [0.4, 0.5) is 0 Å². The summed E-state index contributed by atoms with van der Waals surface area (Å²) in [6.07, 6.45) is 1.65. The van der Waals surface area contributed by atoms with Crippen molar-refractivity contribution >= 4 is 37.6 Å². The molecule has 0 bridgehead atoms. The number of fused-ring (bicyclic) bond motifs is 2. The number of aromatic nitrogens is 1. The first kappa shape index (κ1) is 11.4. The molecule has 3 heteroatoms. The SMILES string of the molecule is Cc1ccc2c(=O)c3ncccc3cc(Br)c2c1. The Morgan fingerprint density at radius 2 is 1.94 bits per heavy atom. The van der Waals surface area contributed by atoms with E-state index in [1.54, 1.807) is 6.20 Å². The normalized spacial score (nSPS) is 11.0. The third-order valence-corrected chi connectivity index (χ3v) is 3.67.